The number of hydrogen-bond donors (Lipinski definition) is 2. The fourth-order valence-corrected chi connectivity index (χ4v) is 4.43. The average Bonchev–Trinajstić information content (AvgIpc) is 2.94. The lowest BCUT2D eigenvalue weighted by Gasteiger charge is -2.50. The van der Waals surface area contributed by atoms with Crippen molar-refractivity contribution in [2.45, 2.75) is 50.5 Å². The summed E-state index contributed by atoms with van der Waals surface area (Å²) in [5.74, 6) is 0.787. The Labute approximate surface area is 120 Å². The highest BCUT2D eigenvalue weighted by Gasteiger charge is 2.54. The standard InChI is InChI=1S/C17H24O3/c1-20-14-5-4-13-6-9-16(7-2-3-8-16)17(19,10-11-18)15(13)12-14/h4-5,12,18-19H,2-3,6-11H2,1H3. The maximum atomic E-state index is 11.5. The zero-order valence-corrected chi connectivity index (χ0v) is 12.2. The minimum Gasteiger partial charge on any atom is -0.497 e. The van der Waals surface area contributed by atoms with E-state index in [0.717, 1.165) is 37.0 Å². The van der Waals surface area contributed by atoms with Crippen LogP contribution in [0.1, 0.15) is 49.7 Å². The highest BCUT2D eigenvalue weighted by Crippen LogP contribution is 2.59. The van der Waals surface area contributed by atoms with Crippen LogP contribution in [0.15, 0.2) is 18.2 Å². The maximum absolute atomic E-state index is 11.5. The molecule has 2 aliphatic carbocycles. The van der Waals surface area contributed by atoms with Crippen molar-refractivity contribution in [1.29, 1.82) is 0 Å². The second-order valence-corrected chi connectivity index (χ2v) is 6.34. The fourth-order valence-electron chi connectivity index (χ4n) is 4.43. The van der Waals surface area contributed by atoms with Gasteiger partial charge in [-0.3, -0.25) is 0 Å². The average molecular weight is 276 g/mol. The molecule has 2 aliphatic rings. The maximum Gasteiger partial charge on any atom is 0.119 e. The van der Waals surface area contributed by atoms with Gasteiger partial charge in [-0.2, -0.15) is 0 Å². The molecular weight excluding hydrogens is 252 g/mol. The first kappa shape index (κ1) is 13.9. The molecule has 1 unspecified atom stereocenters. The first-order chi connectivity index (χ1) is 9.65. The molecule has 1 saturated carbocycles. The number of ether oxygens (including phenoxy) is 1. The second kappa shape index (κ2) is 5.05. The summed E-state index contributed by atoms with van der Waals surface area (Å²) in [4.78, 5) is 0. The van der Waals surface area contributed by atoms with Crippen LogP contribution >= 0.6 is 0 Å². The number of aliphatic hydroxyl groups excluding tert-OH is 1. The molecule has 0 bridgehead atoms. The van der Waals surface area contributed by atoms with Gasteiger partial charge in [-0.05, 0) is 48.9 Å². The molecule has 1 aromatic rings. The van der Waals surface area contributed by atoms with Crippen molar-refractivity contribution in [3.8, 4) is 5.75 Å². The molecular formula is C17H24O3. The van der Waals surface area contributed by atoms with E-state index in [1.165, 1.54) is 18.4 Å². The van der Waals surface area contributed by atoms with E-state index in [0.29, 0.717) is 6.42 Å². The van der Waals surface area contributed by atoms with Crippen LogP contribution in [0.3, 0.4) is 0 Å². The van der Waals surface area contributed by atoms with Crippen molar-refractivity contribution in [3.63, 3.8) is 0 Å². The Morgan fingerprint density at radius 1 is 1.20 bits per heavy atom. The van der Waals surface area contributed by atoms with Gasteiger partial charge in [0.2, 0.25) is 0 Å². The minimum atomic E-state index is -0.902. The zero-order chi connectivity index (χ0) is 14.2. The summed E-state index contributed by atoms with van der Waals surface area (Å²) >= 11 is 0. The van der Waals surface area contributed by atoms with Crippen LogP contribution in [-0.4, -0.2) is 23.9 Å². The van der Waals surface area contributed by atoms with Crippen LogP contribution < -0.4 is 4.74 Å². The van der Waals surface area contributed by atoms with E-state index >= 15 is 0 Å². The smallest absolute Gasteiger partial charge is 0.119 e. The van der Waals surface area contributed by atoms with Gasteiger partial charge >= 0.3 is 0 Å². The molecule has 3 heteroatoms. The monoisotopic (exact) mass is 276 g/mol. The Kier molecular flexibility index (Phi) is 3.51. The van der Waals surface area contributed by atoms with Gasteiger partial charge in [0.25, 0.3) is 0 Å². The van der Waals surface area contributed by atoms with Crippen LogP contribution in [-0.2, 0) is 12.0 Å². The Bertz CT molecular complexity index is 491. The molecule has 20 heavy (non-hydrogen) atoms. The number of rotatable bonds is 3. The summed E-state index contributed by atoms with van der Waals surface area (Å²) in [7, 11) is 1.65. The predicted octanol–water partition coefficient (Wildman–Crippen LogP) is 2.77. The van der Waals surface area contributed by atoms with Crippen LogP contribution in [0.2, 0.25) is 0 Å². The number of aliphatic hydroxyl groups is 2. The Balaban J connectivity index is 2.12. The number of fused-ring (bicyclic) bond motifs is 1. The van der Waals surface area contributed by atoms with Gasteiger partial charge < -0.3 is 14.9 Å². The van der Waals surface area contributed by atoms with Crippen molar-refractivity contribution in [2.24, 2.45) is 5.41 Å². The van der Waals surface area contributed by atoms with Gasteiger partial charge in [0.15, 0.2) is 0 Å². The molecule has 1 atom stereocenters. The molecule has 3 nitrogen and oxygen atoms in total. The molecule has 1 fully saturated rings. The minimum absolute atomic E-state index is 0.0227. The SMILES string of the molecule is COc1ccc2c(c1)C(O)(CCO)C1(CCCC1)CC2. The Hall–Kier alpha value is -1.06. The van der Waals surface area contributed by atoms with Gasteiger partial charge in [-0.1, -0.05) is 18.9 Å². The van der Waals surface area contributed by atoms with Crippen LogP contribution in [0.25, 0.3) is 0 Å². The van der Waals surface area contributed by atoms with E-state index in [1.807, 2.05) is 12.1 Å². The molecule has 0 radical (unpaired) electrons. The predicted molar refractivity (Wildman–Crippen MR) is 77.8 cm³/mol. The van der Waals surface area contributed by atoms with E-state index in [2.05, 4.69) is 6.07 Å². The molecule has 3 rings (SSSR count). The molecule has 0 heterocycles. The van der Waals surface area contributed by atoms with Crippen molar-refractivity contribution in [3.05, 3.63) is 29.3 Å². The molecule has 1 spiro atoms. The van der Waals surface area contributed by atoms with Crippen LogP contribution in [0, 0.1) is 5.41 Å². The van der Waals surface area contributed by atoms with Gasteiger partial charge in [-0.15, -0.1) is 0 Å². The quantitative estimate of drug-likeness (QED) is 0.892. The highest BCUT2D eigenvalue weighted by atomic mass is 16.5. The summed E-state index contributed by atoms with van der Waals surface area (Å²) in [5, 5.41) is 21.0. The van der Waals surface area contributed by atoms with E-state index in [1.54, 1.807) is 7.11 Å². The van der Waals surface area contributed by atoms with Gasteiger partial charge in [0.05, 0.1) is 12.7 Å². The van der Waals surface area contributed by atoms with E-state index in [4.69, 9.17) is 4.74 Å². The molecule has 0 amide bonds. The second-order valence-electron chi connectivity index (χ2n) is 6.34. The molecule has 1 aromatic carbocycles. The summed E-state index contributed by atoms with van der Waals surface area (Å²) in [6, 6.07) is 6.01. The number of benzene rings is 1. The lowest BCUT2D eigenvalue weighted by Crippen LogP contribution is -2.48. The highest BCUT2D eigenvalue weighted by molar-refractivity contribution is 5.43. The van der Waals surface area contributed by atoms with E-state index in [9.17, 15) is 10.2 Å². The molecule has 0 aromatic heterocycles. The molecule has 0 aliphatic heterocycles. The lowest BCUT2D eigenvalue weighted by molar-refractivity contribution is -0.115. The normalized spacial score (nSPS) is 27.6. The lowest BCUT2D eigenvalue weighted by atomic mass is 9.58. The van der Waals surface area contributed by atoms with Crippen molar-refractivity contribution < 1.29 is 14.9 Å². The first-order valence-corrected chi connectivity index (χ1v) is 7.66. The third-order valence-corrected chi connectivity index (χ3v) is 5.55. The summed E-state index contributed by atoms with van der Waals surface area (Å²) in [5.41, 5.74) is 1.24. The number of methoxy groups -OCH3 is 1. The Morgan fingerprint density at radius 2 is 1.95 bits per heavy atom. The fraction of sp³-hybridized carbons (Fsp3) is 0.647. The number of hydrogen-bond acceptors (Lipinski definition) is 3. The van der Waals surface area contributed by atoms with Gasteiger partial charge in [-0.25, -0.2) is 0 Å². The summed E-state index contributed by atoms with van der Waals surface area (Å²) < 4.78 is 5.33. The Morgan fingerprint density at radius 3 is 2.60 bits per heavy atom. The molecule has 0 saturated heterocycles. The number of aryl methyl sites for hydroxylation is 1. The van der Waals surface area contributed by atoms with Crippen molar-refractivity contribution in [2.75, 3.05) is 13.7 Å². The van der Waals surface area contributed by atoms with Crippen molar-refractivity contribution >= 4 is 0 Å². The van der Waals surface area contributed by atoms with Gasteiger partial charge in [0.1, 0.15) is 5.75 Å². The molecule has 2 N–H and O–H groups in total. The van der Waals surface area contributed by atoms with Gasteiger partial charge in [0, 0.05) is 18.4 Å². The van der Waals surface area contributed by atoms with Crippen LogP contribution in [0.5, 0.6) is 5.75 Å². The largest absolute Gasteiger partial charge is 0.497 e. The first-order valence-electron chi connectivity index (χ1n) is 7.66. The van der Waals surface area contributed by atoms with E-state index in [-0.39, 0.29) is 12.0 Å². The zero-order valence-electron chi connectivity index (χ0n) is 12.2. The van der Waals surface area contributed by atoms with Crippen molar-refractivity contribution in [1.82, 2.24) is 0 Å². The topological polar surface area (TPSA) is 49.7 Å². The van der Waals surface area contributed by atoms with E-state index < -0.39 is 5.60 Å². The summed E-state index contributed by atoms with van der Waals surface area (Å²) in [6.07, 6.45) is 6.99. The summed E-state index contributed by atoms with van der Waals surface area (Å²) in [6.45, 7) is 0.0227. The third-order valence-electron chi connectivity index (χ3n) is 5.55. The molecule has 110 valence electrons. The third kappa shape index (κ3) is 1.87. The van der Waals surface area contributed by atoms with Crippen LogP contribution in [0.4, 0.5) is 0 Å².